The summed E-state index contributed by atoms with van der Waals surface area (Å²) in [6.45, 7) is 5.82. The second-order valence-corrected chi connectivity index (χ2v) is 5.95. The summed E-state index contributed by atoms with van der Waals surface area (Å²) >= 11 is 6.01. The van der Waals surface area contributed by atoms with Crippen molar-refractivity contribution in [3.63, 3.8) is 0 Å². The SMILES string of the molecule is Cc1ccc(Cl)cc1Nc1ccc(C(=O)NC(C)C)cc1N. The molecule has 0 bridgehead atoms. The summed E-state index contributed by atoms with van der Waals surface area (Å²) in [5.74, 6) is -0.132. The van der Waals surface area contributed by atoms with E-state index >= 15 is 0 Å². The van der Waals surface area contributed by atoms with E-state index in [0.29, 0.717) is 16.3 Å². The molecular formula is C17H20ClN3O. The maximum absolute atomic E-state index is 12.0. The Morgan fingerprint density at radius 2 is 1.86 bits per heavy atom. The molecule has 2 aromatic rings. The first-order valence-electron chi connectivity index (χ1n) is 7.10. The molecule has 4 N–H and O–H groups in total. The summed E-state index contributed by atoms with van der Waals surface area (Å²) in [5.41, 5.74) is 9.79. The number of hydrogen-bond acceptors (Lipinski definition) is 3. The molecule has 0 atom stereocenters. The zero-order valence-corrected chi connectivity index (χ0v) is 13.7. The molecule has 0 heterocycles. The van der Waals surface area contributed by atoms with E-state index < -0.39 is 0 Å². The number of halogens is 1. The van der Waals surface area contributed by atoms with Gasteiger partial charge in [-0.3, -0.25) is 4.79 Å². The number of aryl methyl sites for hydroxylation is 1. The van der Waals surface area contributed by atoms with Crippen molar-refractivity contribution >= 4 is 34.6 Å². The van der Waals surface area contributed by atoms with E-state index in [-0.39, 0.29) is 11.9 Å². The number of nitrogens with two attached hydrogens (primary N) is 1. The lowest BCUT2D eigenvalue weighted by molar-refractivity contribution is 0.0943. The van der Waals surface area contributed by atoms with Crippen molar-refractivity contribution in [2.75, 3.05) is 11.1 Å². The summed E-state index contributed by atoms with van der Waals surface area (Å²) in [4.78, 5) is 12.0. The van der Waals surface area contributed by atoms with E-state index in [9.17, 15) is 4.79 Å². The summed E-state index contributed by atoms with van der Waals surface area (Å²) < 4.78 is 0. The molecule has 22 heavy (non-hydrogen) atoms. The number of benzene rings is 2. The van der Waals surface area contributed by atoms with Crippen molar-refractivity contribution < 1.29 is 4.79 Å². The Morgan fingerprint density at radius 1 is 1.14 bits per heavy atom. The van der Waals surface area contributed by atoms with Crippen molar-refractivity contribution in [3.05, 3.63) is 52.5 Å². The predicted octanol–water partition coefficient (Wildman–Crippen LogP) is 4.11. The molecule has 0 saturated heterocycles. The lowest BCUT2D eigenvalue weighted by Crippen LogP contribution is -2.30. The van der Waals surface area contributed by atoms with Crippen molar-refractivity contribution in [2.24, 2.45) is 0 Å². The fraction of sp³-hybridized carbons (Fsp3) is 0.235. The average Bonchev–Trinajstić information content (AvgIpc) is 2.44. The van der Waals surface area contributed by atoms with Gasteiger partial charge in [0.15, 0.2) is 0 Å². The number of carbonyl (C=O) groups is 1. The maximum Gasteiger partial charge on any atom is 0.251 e. The van der Waals surface area contributed by atoms with Crippen LogP contribution in [0.5, 0.6) is 0 Å². The normalized spacial score (nSPS) is 10.6. The molecule has 2 rings (SSSR count). The average molecular weight is 318 g/mol. The Hall–Kier alpha value is -2.20. The zero-order valence-electron chi connectivity index (χ0n) is 12.9. The van der Waals surface area contributed by atoms with Gasteiger partial charge in [0, 0.05) is 22.3 Å². The van der Waals surface area contributed by atoms with Crippen LogP contribution in [0.4, 0.5) is 17.1 Å². The zero-order chi connectivity index (χ0) is 16.3. The quantitative estimate of drug-likeness (QED) is 0.743. The van der Waals surface area contributed by atoms with E-state index in [2.05, 4.69) is 10.6 Å². The highest BCUT2D eigenvalue weighted by Crippen LogP contribution is 2.28. The lowest BCUT2D eigenvalue weighted by Gasteiger charge is -2.14. The topological polar surface area (TPSA) is 67.2 Å². The first-order valence-corrected chi connectivity index (χ1v) is 7.48. The molecule has 2 aromatic carbocycles. The fourth-order valence-electron chi connectivity index (χ4n) is 2.04. The highest BCUT2D eigenvalue weighted by Gasteiger charge is 2.10. The summed E-state index contributed by atoms with van der Waals surface area (Å²) in [6.07, 6.45) is 0. The molecule has 0 aromatic heterocycles. The number of amides is 1. The van der Waals surface area contributed by atoms with Gasteiger partial charge in [0.25, 0.3) is 5.91 Å². The first-order chi connectivity index (χ1) is 10.4. The van der Waals surface area contributed by atoms with Crippen LogP contribution in [0.2, 0.25) is 5.02 Å². The third-order valence-electron chi connectivity index (χ3n) is 3.20. The molecule has 0 fully saturated rings. The van der Waals surface area contributed by atoms with Crippen LogP contribution in [0.1, 0.15) is 29.8 Å². The summed E-state index contributed by atoms with van der Waals surface area (Å²) in [6, 6.07) is 10.9. The van der Waals surface area contributed by atoms with Gasteiger partial charge in [0.1, 0.15) is 0 Å². The molecule has 0 unspecified atom stereocenters. The third-order valence-corrected chi connectivity index (χ3v) is 3.44. The Labute approximate surface area is 135 Å². The van der Waals surface area contributed by atoms with E-state index in [1.807, 2.05) is 39.0 Å². The van der Waals surface area contributed by atoms with E-state index in [4.69, 9.17) is 17.3 Å². The van der Waals surface area contributed by atoms with Gasteiger partial charge >= 0.3 is 0 Å². The highest BCUT2D eigenvalue weighted by atomic mass is 35.5. The van der Waals surface area contributed by atoms with Gasteiger partial charge in [0.2, 0.25) is 0 Å². The van der Waals surface area contributed by atoms with Gasteiger partial charge < -0.3 is 16.4 Å². The Balaban J connectivity index is 2.23. The van der Waals surface area contributed by atoms with Crippen molar-refractivity contribution in [1.82, 2.24) is 5.32 Å². The van der Waals surface area contributed by atoms with Gasteiger partial charge in [-0.1, -0.05) is 17.7 Å². The first kappa shape index (κ1) is 16.2. The van der Waals surface area contributed by atoms with Crippen molar-refractivity contribution in [2.45, 2.75) is 26.8 Å². The van der Waals surface area contributed by atoms with Crippen LogP contribution in [-0.2, 0) is 0 Å². The molecule has 0 radical (unpaired) electrons. The minimum atomic E-state index is -0.132. The van der Waals surface area contributed by atoms with Gasteiger partial charge in [-0.15, -0.1) is 0 Å². The standard InChI is InChI=1S/C17H20ClN3O/c1-10(2)20-17(22)12-5-7-15(14(19)8-12)21-16-9-13(18)6-4-11(16)3/h4-10,21H,19H2,1-3H3,(H,20,22). The van der Waals surface area contributed by atoms with Gasteiger partial charge in [-0.05, 0) is 56.7 Å². The van der Waals surface area contributed by atoms with Crippen LogP contribution < -0.4 is 16.4 Å². The minimum absolute atomic E-state index is 0.0839. The number of carbonyl (C=O) groups excluding carboxylic acids is 1. The Kier molecular flexibility index (Phi) is 4.93. The molecule has 1 amide bonds. The van der Waals surface area contributed by atoms with Gasteiger partial charge in [0.05, 0.1) is 11.4 Å². The summed E-state index contributed by atoms with van der Waals surface area (Å²) in [7, 11) is 0. The lowest BCUT2D eigenvalue weighted by atomic mass is 10.1. The van der Waals surface area contributed by atoms with Gasteiger partial charge in [-0.2, -0.15) is 0 Å². The van der Waals surface area contributed by atoms with Crippen LogP contribution >= 0.6 is 11.6 Å². The number of hydrogen-bond donors (Lipinski definition) is 3. The summed E-state index contributed by atoms with van der Waals surface area (Å²) in [5, 5.41) is 6.74. The van der Waals surface area contributed by atoms with Crippen LogP contribution in [0.3, 0.4) is 0 Å². The molecule has 0 aliphatic rings. The highest BCUT2D eigenvalue weighted by molar-refractivity contribution is 6.30. The molecule has 0 aliphatic heterocycles. The number of nitrogens with one attached hydrogen (secondary N) is 2. The molecule has 4 nitrogen and oxygen atoms in total. The molecule has 0 saturated carbocycles. The van der Waals surface area contributed by atoms with E-state index in [0.717, 1.165) is 16.9 Å². The monoisotopic (exact) mass is 317 g/mol. The van der Waals surface area contributed by atoms with Crippen molar-refractivity contribution in [3.8, 4) is 0 Å². The smallest absolute Gasteiger partial charge is 0.251 e. The molecular weight excluding hydrogens is 298 g/mol. The second kappa shape index (κ2) is 6.71. The Bertz CT molecular complexity index is 698. The number of rotatable bonds is 4. The van der Waals surface area contributed by atoms with Crippen LogP contribution in [-0.4, -0.2) is 11.9 Å². The number of anilines is 3. The molecule has 116 valence electrons. The van der Waals surface area contributed by atoms with Crippen LogP contribution in [0.25, 0.3) is 0 Å². The van der Waals surface area contributed by atoms with Crippen LogP contribution in [0.15, 0.2) is 36.4 Å². The van der Waals surface area contributed by atoms with Gasteiger partial charge in [-0.25, -0.2) is 0 Å². The molecule has 0 spiro atoms. The predicted molar refractivity (Wildman–Crippen MR) is 92.9 cm³/mol. The third kappa shape index (κ3) is 3.92. The maximum atomic E-state index is 12.0. The van der Waals surface area contributed by atoms with Crippen molar-refractivity contribution in [1.29, 1.82) is 0 Å². The van der Waals surface area contributed by atoms with Crippen LogP contribution in [0, 0.1) is 6.92 Å². The Morgan fingerprint density at radius 3 is 2.50 bits per heavy atom. The molecule has 5 heteroatoms. The molecule has 0 aliphatic carbocycles. The fourth-order valence-corrected chi connectivity index (χ4v) is 2.21. The van der Waals surface area contributed by atoms with E-state index in [1.165, 1.54) is 0 Å². The number of nitrogen functional groups attached to an aromatic ring is 1. The minimum Gasteiger partial charge on any atom is -0.397 e. The largest absolute Gasteiger partial charge is 0.397 e. The van der Waals surface area contributed by atoms with E-state index in [1.54, 1.807) is 18.2 Å². The second-order valence-electron chi connectivity index (χ2n) is 5.51.